The first-order valence-electron chi connectivity index (χ1n) is 8.74. The number of hydrogen-bond acceptors (Lipinski definition) is 1. The van der Waals surface area contributed by atoms with Crippen LogP contribution in [0.1, 0.15) is 55.8 Å². The van der Waals surface area contributed by atoms with Gasteiger partial charge in [0.1, 0.15) is 0 Å². The van der Waals surface area contributed by atoms with E-state index in [4.69, 9.17) is 0 Å². The van der Waals surface area contributed by atoms with Gasteiger partial charge in [0.2, 0.25) is 0 Å². The van der Waals surface area contributed by atoms with E-state index in [9.17, 15) is 4.79 Å². The highest BCUT2D eigenvalue weighted by Crippen LogP contribution is 2.58. The van der Waals surface area contributed by atoms with Gasteiger partial charge in [0.05, 0.1) is 5.69 Å². The van der Waals surface area contributed by atoms with Gasteiger partial charge in [-0.3, -0.25) is 4.79 Å². The van der Waals surface area contributed by atoms with Crippen LogP contribution in [0.3, 0.4) is 0 Å². The summed E-state index contributed by atoms with van der Waals surface area (Å²) in [5.74, 6) is 0. The molecule has 2 aromatic rings. The second-order valence-corrected chi connectivity index (χ2v) is 8.33. The number of aromatic nitrogens is 1. The zero-order valence-electron chi connectivity index (χ0n) is 15.4. The molecule has 0 bridgehead atoms. The van der Waals surface area contributed by atoms with Gasteiger partial charge >= 0.3 is 0 Å². The first-order valence-corrected chi connectivity index (χ1v) is 8.74. The van der Waals surface area contributed by atoms with Crippen molar-refractivity contribution in [2.24, 2.45) is 5.41 Å². The topological polar surface area (TPSA) is 22.0 Å². The van der Waals surface area contributed by atoms with Crippen molar-refractivity contribution >= 4 is 11.1 Å². The molecule has 0 atom stereocenters. The Labute approximate surface area is 143 Å². The predicted octanol–water partition coefficient (Wildman–Crippen LogP) is 4.71. The number of hydrogen-bond donors (Lipinski definition) is 0. The summed E-state index contributed by atoms with van der Waals surface area (Å²) in [6, 6.07) is 10.5. The number of nitrogens with zero attached hydrogens (tertiary/aromatic N) is 1. The number of benzene rings is 1. The van der Waals surface area contributed by atoms with Crippen LogP contribution in [0.15, 0.2) is 35.1 Å². The van der Waals surface area contributed by atoms with Crippen LogP contribution in [0, 0.1) is 19.3 Å². The van der Waals surface area contributed by atoms with Crippen LogP contribution < -0.4 is 5.43 Å². The average Bonchev–Trinajstić information content (AvgIpc) is 2.88. The number of rotatable bonds is 0. The zero-order valence-corrected chi connectivity index (χ0v) is 15.4. The molecule has 4 rings (SSSR count). The second-order valence-electron chi connectivity index (χ2n) is 8.33. The quantitative estimate of drug-likeness (QED) is 0.689. The van der Waals surface area contributed by atoms with Gasteiger partial charge in [-0.15, -0.1) is 0 Å². The molecule has 0 radical (unpaired) electrons. The van der Waals surface area contributed by atoms with E-state index in [2.05, 4.69) is 63.5 Å². The molecule has 1 aromatic carbocycles. The molecule has 0 N–H and O–H groups in total. The van der Waals surface area contributed by atoms with E-state index in [1.54, 1.807) is 6.07 Å². The van der Waals surface area contributed by atoms with Gasteiger partial charge < -0.3 is 4.57 Å². The van der Waals surface area contributed by atoms with E-state index in [0.717, 1.165) is 23.4 Å². The molecule has 0 fully saturated rings. The smallest absolute Gasteiger partial charge is 0.185 e. The molecule has 0 saturated heterocycles. The van der Waals surface area contributed by atoms with Crippen molar-refractivity contribution < 1.29 is 0 Å². The molecule has 124 valence electrons. The van der Waals surface area contributed by atoms with Crippen molar-refractivity contribution in [1.82, 2.24) is 4.57 Å². The molecule has 0 unspecified atom stereocenters. The van der Waals surface area contributed by atoms with E-state index in [-0.39, 0.29) is 16.4 Å². The summed E-state index contributed by atoms with van der Waals surface area (Å²) < 4.78 is 2.41. The zero-order chi connectivity index (χ0) is 17.4. The highest BCUT2D eigenvalue weighted by atomic mass is 16.1. The maximum Gasteiger partial charge on any atom is 0.185 e. The van der Waals surface area contributed by atoms with E-state index in [1.807, 2.05) is 6.92 Å². The van der Waals surface area contributed by atoms with Gasteiger partial charge in [-0.1, -0.05) is 38.1 Å². The third kappa shape index (κ3) is 1.64. The lowest BCUT2D eigenvalue weighted by atomic mass is 9.64. The maximum atomic E-state index is 12.5. The lowest BCUT2D eigenvalue weighted by Gasteiger charge is -2.51. The summed E-state index contributed by atoms with van der Waals surface area (Å²) in [6.07, 6.45) is 0.925. The Kier molecular flexibility index (Phi) is 2.90. The van der Waals surface area contributed by atoms with Crippen molar-refractivity contribution in [2.45, 2.75) is 53.5 Å². The molecule has 2 nitrogen and oxygen atoms in total. The predicted molar refractivity (Wildman–Crippen MR) is 100 cm³/mol. The molecule has 2 heteroatoms. The number of fused-ring (bicyclic) bond motifs is 4. The van der Waals surface area contributed by atoms with Gasteiger partial charge in [0.15, 0.2) is 5.43 Å². The van der Waals surface area contributed by atoms with E-state index in [1.165, 1.54) is 22.3 Å². The van der Waals surface area contributed by atoms with Crippen LogP contribution in [0.4, 0.5) is 0 Å². The van der Waals surface area contributed by atoms with Crippen LogP contribution in [-0.2, 0) is 12.0 Å². The Hall–Kier alpha value is -2.09. The first kappa shape index (κ1) is 15.4. The van der Waals surface area contributed by atoms with Crippen molar-refractivity contribution in [1.29, 1.82) is 0 Å². The van der Waals surface area contributed by atoms with Crippen LogP contribution in [-0.4, -0.2) is 4.57 Å². The third-order valence-corrected chi connectivity index (χ3v) is 6.60. The van der Waals surface area contributed by atoms with Crippen molar-refractivity contribution in [2.75, 3.05) is 0 Å². The summed E-state index contributed by atoms with van der Waals surface area (Å²) in [6.45, 7) is 13.3. The minimum absolute atomic E-state index is 0.0196. The fourth-order valence-electron chi connectivity index (χ4n) is 4.77. The maximum absolute atomic E-state index is 12.5. The standard InChI is InChI=1S/C22H25NO/c1-13-11-18(24)14(2)20-17-12-15-9-7-8-10-16(15)19(17)21(3,4)22(5,6)23(13)20/h7-11H,12H2,1-6H3. The van der Waals surface area contributed by atoms with Crippen LogP contribution >= 0.6 is 0 Å². The number of pyridine rings is 1. The van der Waals surface area contributed by atoms with Gasteiger partial charge in [0.25, 0.3) is 0 Å². The monoisotopic (exact) mass is 319 g/mol. The van der Waals surface area contributed by atoms with E-state index >= 15 is 0 Å². The normalized spacial score (nSPS) is 19.8. The Bertz CT molecular complexity index is 970. The summed E-state index contributed by atoms with van der Waals surface area (Å²) in [5.41, 5.74) is 8.63. The SMILES string of the molecule is Cc1c2n(c(C)cc1=O)C(C)(C)C(C)(C)C1=C2Cc2ccccc21. The summed E-state index contributed by atoms with van der Waals surface area (Å²) in [7, 11) is 0. The van der Waals surface area contributed by atoms with Gasteiger partial charge in [-0.05, 0) is 50.0 Å². The lowest BCUT2D eigenvalue weighted by molar-refractivity contribution is 0.171. The van der Waals surface area contributed by atoms with Crippen molar-refractivity contribution in [3.63, 3.8) is 0 Å². The molecule has 2 heterocycles. The summed E-state index contributed by atoms with van der Waals surface area (Å²) in [4.78, 5) is 12.5. The molecule has 1 aliphatic carbocycles. The molecule has 2 aliphatic rings. The fraction of sp³-hybridized carbons (Fsp3) is 0.409. The van der Waals surface area contributed by atoms with Gasteiger partial charge in [-0.2, -0.15) is 0 Å². The van der Waals surface area contributed by atoms with E-state index in [0.29, 0.717) is 0 Å². The van der Waals surface area contributed by atoms with Gasteiger partial charge in [0, 0.05) is 34.7 Å². The average molecular weight is 319 g/mol. The first-order chi connectivity index (χ1) is 11.2. The number of aryl methyl sites for hydroxylation is 1. The molecule has 24 heavy (non-hydrogen) atoms. The largest absolute Gasteiger partial charge is 0.338 e. The Morgan fingerprint density at radius 2 is 1.71 bits per heavy atom. The molecular weight excluding hydrogens is 294 g/mol. The lowest BCUT2D eigenvalue weighted by Crippen LogP contribution is -2.48. The minimum Gasteiger partial charge on any atom is -0.338 e. The molecule has 1 aromatic heterocycles. The summed E-state index contributed by atoms with van der Waals surface area (Å²) in [5, 5.41) is 0. The second kappa shape index (κ2) is 4.50. The Morgan fingerprint density at radius 1 is 1.04 bits per heavy atom. The van der Waals surface area contributed by atoms with E-state index < -0.39 is 0 Å². The molecule has 0 saturated carbocycles. The Morgan fingerprint density at radius 3 is 2.42 bits per heavy atom. The fourth-order valence-corrected chi connectivity index (χ4v) is 4.77. The molecule has 1 aliphatic heterocycles. The summed E-state index contributed by atoms with van der Waals surface area (Å²) >= 11 is 0. The van der Waals surface area contributed by atoms with Crippen LogP contribution in [0.2, 0.25) is 0 Å². The van der Waals surface area contributed by atoms with Crippen molar-refractivity contribution in [3.8, 4) is 0 Å². The van der Waals surface area contributed by atoms with Crippen LogP contribution in [0.25, 0.3) is 11.1 Å². The third-order valence-electron chi connectivity index (χ3n) is 6.60. The molecule has 0 spiro atoms. The highest BCUT2D eigenvalue weighted by Gasteiger charge is 2.50. The number of allylic oxidation sites excluding steroid dienone is 2. The molecular formula is C22H25NO. The Balaban J connectivity index is 2.19. The van der Waals surface area contributed by atoms with Gasteiger partial charge in [-0.25, -0.2) is 0 Å². The minimum atomic E-state index is -0.110. The van der Waals surface area contributed by atoms with Crippen LogP contribution in [0.5, 0.6) is 0 Å². The molecule has 0 amide bonds. The highest BCUT2D eigenvalue weighted by molar-refractivity contribution is 6.00. The van der Waals surface area contributed by atoms with Crippen molar-refractivity contribution in [3.05, 3.63) is 68.6 Å².